The Balaban J connectivity index is 2.39. The van der Waals surface area contributed by atoms with Crippen LogP contribution in [0, 0.1) is 6.92 Å². The van der Waals surface area contributed by atoms with Gasteiger partial charge in [-0.25, -0.2) is 4.57 Å². The summed E-state index contributed by atoms with van der Waals surface area (Å²) in [5.41, 5.74) is 5.60. The fraction of sp³-hybridized carbons (Fsp3) is 0.267. The number of aryl methyl sites for hydroxylation is 2. The zero-order valence-corrected chi connectivity index (χ0v) is 11.2. The van der Waals surface area contributed by atoms with Crippen molar-refractivity contribution in [2.45, 2.75) is 24.0 Å². The summed E-state index contributed by atoms with van der Waals surface area (Å²) in [5.74, 6) is 0. The molecule has 0 saturated heterocycles. The molecule has 3 rings (SSSR count). The molecular weight excluding hydrogens is 226 g/mol. The Hall–Kier alpha value is -1.28. The maximum Gasteiger partial charge on any atom is 0.218 e. The van der Waals surface area contributed by atoms with Crippen LogP contribution < -0.4 is 4.57 Å². The van der Waals surface area contributed by atoms with Gasteiger partial charge >= 0.3 is 0 Å². The molecule has 1 unspecified atom stereocenters. The first-order chi connectivity index (χ1) is 8.18. The van der Waals surface area contributed by atoms with E-state index in [0.29, 0.717) is 5.25 Å². The average molecular weight is 242 g/mol. The lowest BCUT2D eigenvalue weighted by atomic mass is 9.98. The highest BCUT2D eigenvalue weighted by molar-refractivity contribution is 7.99. The molecule has 1 aliphatic heterocycles. The monoisotopic (exact) mass is 242 g/mol. The number of rotatable bonds is 0. The normalized spacial score (nSPS) is 17.5. The standard InChI is InChI=1S/C15H16NS/c1-10-6-4-8-13-14(10)15-12(11(2)17-13)7-5-9-16(15)3/h4-9,11H,1-3H3/q+1. The van der Waals surface area contributed by atoms with E-state index in [-0.39, 0.29) is 0 Å². The topological polar surface area (TPSA) is 3.88 Å². The van der Waals surface area contributed by atoms with E-state index in [4.69, 9.17) is 0 Å². The predicted octanol–water partition coefficient (Wildman–Crippen LogP) is 3.65. The summed E-state index contributed by atoms with van der Waals surface area (Å²) in [6, 6.07) is 11.0. The second-order valence-electron chi connectivity index (χ2n) is 4.63. The van der Waals surface area contributed by atoms with Crippen LogP contribution in [0.3, 0.4) is 0 Å². The number of hydrogen-bond acceptors (Lipinski definition) is 1. The van der Waals surface area contributed by atoms with Crippen LogP contribution in [0.1, 0.15) is 23.3 Å². The van der Waals surface area contributed by atoms with E-state index in [0.717, 1.165) is 0 Å². The molecule has 0 saturated carbocycles. The Morgan fingerprint density at radius 1 is 1.18 bits per heavy atom. The molecule has 1 nitrogen and oxygen atoms in total. The Morgan fingerprint density at radius 3 is 2.82 bits per heavy atom. The maximum atomic E-state index is 2.29. The summed E-state index contributed by atoms with van der Waals surface area (Å²) in [6.07, 6.45) is 2.14. The van der Waals surface area contributed by atoms with Crippen LogP contribution in [0.5, 0.6) is 0 Å². The SMILES string of the molecule is Cc1cccc2c1-c1c(ccc[n+]1C)C(C)S2. The number of benzene rings is 1. The summed E-state index contributed by atoms with van der Waals surface area (Å²) >= 11 is 1.96. The largest absolute Gasteiger partial charge is 0.218 e. The van der Waals surface area contributed by atoms with Crippen molar-refractivity contribution in [3.63, 3.8) is 0 Å². The molecule has 2 heteroatoms. The summed E-state index contributed by atoms with van der Waals surface area (Å²) in [4.78, 5) is 1.41. The number of pyridine rings is 1. The van der Waals surface area contributed by atoms with E-state index in [9.17, 15) is 0 Å². The van der Waals surface area contributed by atoms with Crippen molar-refractivity contribution in [3.8, 4) is 11.3 Å². The molecule has 0 radical (unpaired) electrons. The fourth-order valence-corrected chi connectivity index (χ4v) is 3.81. The van der Waals surface area contributed by atoms with Gasteiger partial charge in [-0.2, -0.15) is 0 Å². The molecule has 1 atom stereocenters. The highest BCUT2D eigenvalue weighted by Gasteiger charge is 2.29. The van der Waals surface area contributed by atoms with Crippen LogP contribution in [-0.4, -0.2) is 0 Å². The van der Waals surface area contributed by atoms with Gasteiger partial charge in [-0.1, -0.05) is 12.1 Å². The van der Waals surface area contributed by atoms with Crippen LogP contribution in [0.25, 0.3) is 11.3 Å². The Morgan fingerprint density at radius 2 is 2.00 bits per heavy atom. The highest BCUT2D eigenvalue weighted by Crippen LogP contribution is 2.48. The number of aromatic nitrogens is 1. The molecular formula is C15H16NS+. The lowest BCUT2D eigenvalue weighted by Crippen LogP contribution is -2.33. The lowest BCUT2D eigenvalue weighted by molar-refractivity contribution is -0.660. The molecule has 17 heavy (non-hydrogen) atoms. The van der Waals surface area contributed by atoms with E-state index in [2.05, 4.69) is 62.0 Å². The second-order valence-corrected chi connectivity index (χ2v) is 6.01. The van der Waals surface area contributed by atoms with Crippen LogP contribution >= 0.6 is 11.8 Å². The average Bonchev–Trinajstić information content (AvgIpc) is 2.30. The van der Waals surface area contributed by atoms with Crippen LogP contribution in [0.4, 0.5) is 0 Å². The number of hydrogen-bond donors (Lipinski definition) is 0. The maximum absolute atomic E-state index is 2.29. The number of nitrogens with zero attached hydrogens (tertiary/aromatic N) is 1. The summed E-state index contributed by atoms with van der Waals surface area (Å²) < 4.78 is 2.25. The molecule has 2 heterocycles. The predicted molar refractivity (Wildman–Crippen MR) is 72.1 cm³/mol. The minimum Gasteiger partial charge on any atom is -0.201 e. The zero-order valence-electron chi connectivity index (χ0n) is 10.4. The van der Waals surface area contributed by atoms with E-state index < -0.39 is 0 Å². The van der Waals surface area contributed by atoms with Crippen molar-refractivity contribution in [1.29, 1.82) is 0 Å². The Labute approximate surface area is 106 Å². The van der Waals surface area contributed by atoms with E-state index in [1.54, 1.807) is 0 Å². The highest BCUT2D eigenvalue weighted by atomic mass is 32.2. The third kappa shape index (κ3) is 1.59. The van der Waals surface area contributed by atoms with Gasteiger partial charge in [0.15, 0.2) is 6.20 Å². The fourth-order valence-electron chi connectivity index (χ4n) is 2.58. The Bertz CT molecular complexity index is 589. The van der Waals surface area contributed by atoms with Crippen LogP contribution in [-0.2, 0) is 7.05 Å². The van der Waals surface area contributed by atoms with E-state index in [1.807, 2.05) is 11.8 Å². The zero-order chi connectivity index (χ0) is 12.0. The first-order valence-electron chi connectivity index (χ1n) is 5.93. The van der Waals surface area contributed by atoms with Gasteiger partial charge in [0, 0.05) is 21.8 Å². The van der Waals surface area contributed by atoms with Crippen molar-refractivity contribution in [2.24, 2.45) is 7.05 Å². The van der Waals surface area contributed by atoms with Crippen molar-refractivity contribution in [1.82, 2.24) is 0 Å². The second kappa shape index (κ2) is 3.88. The third-order valence-corrected chi connectivity index (χ3v) is 4.63. The summed E-state index contributed by atoms with van der Waals surface area (Å²) in [6.45, 7) is 4.49. The minimum absolute atomic E-state index is 0.534. The number of fused-ring (bicyclic) bond motifs is 3. The lowest BCUT2D eigenvalue weighted by Gasteiger charge is -2.23. The third-order valence-electron chi connectivity index (χ3n) is 3.42. The van der Waals surface area contributed by atoms with Crippen molar-refractivity contribution in [3.05, 3.63) is 47.7 Å². The van der Waals surface area contributed by atoms with E-state index in [1.165, 1.54) is 27.3 Å². The van der Waals surface area contributed by atoms with E-state index >= 15 is 0 Å². The first kappa shape index (κ1) is 10.8. The molecule has 0 N–H and O–H groups in total. The van der Waals surface area contributed by atoms with Gasteiger partial charge in [0.1, 0.15) is 7.05 Å². The molecule has 1 aromatic heterocycles. The molecule has 1 aromatic carbocycles. The molecule has 86 valence electrons. The molecule has 0 amide bonds. The van der Waals surface area contributed by atoms with Gasteiger partial charge < -0.3 is 0 Å². The quantitative estimate of drug-likeness (QED) is 0.638. The van der Waals surface area contributed by atoms with Gasteiger partial charge in [0.2, 0.25) is 5.69 Å². The van der Waals surface area contributed by atoms with Gasteiger partial charge in [-0.3, -0.25) is 0 Å². The first-order valence-corrected chi connectivity index (χ1v) is 6.81. The summed E-state index contributed by atoms with van der Waals surface area (Å²) in [5, 5.41) is 0.534. The molecule has 1 aliphatic rings. The van der Waals surface area contributed by atoms with Gasteiger partial charge in [-0.15, -0.1) is 11.8 Å². The van der Waals surface area contributed by atoms with Gasteiger partial charge in [0.05, 0.1) is 5.56 Å². The molecule has 0 bridgehead atoms. The molecule has 2 aromatic rings. The smallest absolute Gasteiger partial charge is 0.201 e. The number of thioether (sulfide) groups is 1. The molecule has 0 aliphatic carbocycles. The van der Waals surface area contributed by atoms with Crippen LogP contribution in [0.2, 0.25) is 0 Å². The van der Waals surface area contributed by atoms with Gasteiger partial charge in [0.25, 0.3) is 0 Å². The van der Waals surface area contributed by atoms with Crippen molar-refractivity contribution < 1.29 is 4.57 Å². The van der Waals surface area contributed by atoms with Gasteiger partial charge in [-0.05, 0) is 31.5 Å². The van der Waals surface area contributed by atoms with Crippen molar-refractivity contribution >= 4 is 11.8 Å². The molecule has 0 spiro atoms. The Kier molecular flexibility index (Phi) is 2.48. The van der Waals surface area contributed by atoms with Crippen LogP contribution in [0.15, 0.2) is 41.4 Å². The molecule has 0 fully saturated rings. The summed E-state index contributed by atoms with van der Waals surface area (Å²) in [7, 11) is 2.14. The minimum atomic E-state index is 0.534. The van der Waals surface area contributed by atoms with Crippen molar-refractivity contribution in [2.75, 3.05) is 0 Å².